The fraction of sp³-hybridized carbons (Fsp3) is 0.250. The fourth-order valence-electron chi connectivity index (χ4n) is 2.31. The SMILES string of the molecule is CC(C)(C)OC(=O)c1ccc(NC(=O)CNS(=O)(=O)c2cccc(C(=N)N)c2)cc1. The number of anilines is 1. The number of benzene rings is 2. The first kappa shape index (κ1) is 23.0. The minimum atomic E-state index is -3.96. The molecule has 0 saturated carbocycles. The molecule has 0 spiro atoms. The number of nitrogens with one attached hydrogen (secondary N) is 3. The van der Waals surface area contributed by atoms with Crippen LogP contribution < -0.4 is 15.8 Å². The van der Waals surface area contributed by atoms with Gasteiger partial charge >= 0.3 is 5.97 Å². The average molecular weight is 433 g/mol. The lowest BCUT2D eigenvalue weighted by atomic mass is 10.1. The van der Waals surface area contributed by atoms with Crippen molar-refractivity contribution in [3.8, 4) is 0 Å². The topological polar surface area (TPSA) is 151 Å². The molecule has 0 fully saturated rings. The van der Waals surface area contributed by atoms with Crippen molar-refractivity contribution in [3.63, 3.8) is 0 Å². The van der Waals surface area contributed by atoms with Crippen LogP contribution in [0.15, 0.2) is 53.4 Å². The zero-order valence-electron chi connectivity index (χ0n) is 16.9. The van der Waals surface area contributed by atoms with Crippen LogP contribution in [0.5, 0.6) is 0 Å². The Kier molecular flexibility index (Phi) is 6.96. The van der Waals surface area contributed by atoms with Gasteiger partial charge in [-0.15, -0.1) is 0 Å². The lowest BCUT2D eigenvalue weighted by Gasteiger charge is -2.19. The van der Waals surface area contributed by atoms with Crippen molar-refractivity contribution in [2.45, 2.75) is 31.3 Å². The maximum Gasteiger partial charge on any atom is 0.338 e. The summed E-state index contributed by atoms with van der Waals surface area (Å²) in [7, 11) is -3.96. The van der Waals surface area contributed by atoms with Gasteiger partial charge in [-0.25, -0.2) is 17.9 Å². The largest absolute Gasteiger partial charge is 0.456 e. The first-order chi connectivity index (χ1) is 13.9. The predicted octanol–water partition coefficient (Wildman–Crippen LogP) is 1.84. The van der Waals surface area contributed by atoms with Crippen molar-refractivity contribution in [2.24, 2.45) is 5.73 Å². The minimum Gasteiger partial charge on any atom is -0.456 e. The zero-order valence-corrected chi connectivity index (χ0v) is 17.7. The van der Waals surface area contributed by atoms with E-state index in [9.17, 15) is 18.0 Å². The predicted molar refractivity (Wildman–Crippen MR) is 113 cm³/mol. The number of nitrogen functional groups attached to an aromatic ring is 1. The Labute approximate surface area is 175 Å². The molecule has 2 rings (SSSR count). The van der Waals surface area contributed by atoms with E-state index in [1.807, 2.05) is 0 Å². The Hall–Kier alpha value is -3.24. The molecule has 0 aliphatic rings. The summed E-state index contributed by atoms with van der Waals surface area (Å²) in [6.07, 6.45) is 0. The van der Waals surface area contributed by atoms with Gasteiger partial charge in [0.2, 0.25) is 15.9 Å². The summed E-state index contributed by atoms with van der Waals surface area (Å²) in [6, 6.07) is 11.6. The molecule has 160 valence electrons. The standard InChI is InChI=1S/C20H24N4O5S/c1-20(2,3)29-19(26)13-7-9-15(10-8-13)24-17(25)12-23-30(27,28)16-6-4-5-14(11-16)18(21)22/h4-11,23H,12H2,1-3H3,(H3,21,22)(H,24,25). The summed E-state index contributed by atoms with van der Waals surface area (Å²) >= 11 is 0. The highest BCUT2D eigenvalue weighted by Crippen LogP contribution is 2.15. The lowest BCUT2D eigenvalue weighted by molar-refractivity contribution is -0.115. The van der Waals surface area contributed by atoms with E-state index in [1.165, 1.54) is 48.5 Å². The van der Waals surface area contributed by atoms with Crippen LogP contribution >= 0.6 is 0 Å². The van der Waals surface area contributed by atoms with Gasteiger partial charge in [0.05, 0.1) is 17.0 Å². The normalized spacial score (nSPS) is 11.6. The van der Waals surface area contributed by atoms with Crippen LogP contribution in [0, 0.1) is 5.41 Å². The highest BCUT2D eigenvalue weighted by Gasteiger charge is 2.18. The number of nitrogens with two attached hydrogens (primary N) is 1. The van der Waals surface area contributed by atoms with E-state index in [2.05, 4.69) is 10.0 Å². The van der Waals surface area contributed by atoms with E-state index in [1.54, 1.807) is 20.8 Å². The quantitative estimate of drug-likeness (QED) is 0.298. The van der Waals surface area contributed by atoms with Crippen molar-refractivity contribution >= 4 is 33.4 Å². The van der Waals surface area contributed by atoms with Gasteiger partial charge in [0.1, 0.15) is 11.4 Å². The van der Waals surface area contributed by atoms with Gasteiger partial charge in [-0.05, 0) is 57.2 Å². The van der Waals surface area contributed by atoms with Crippen LogP contribution in [0.4, 0.5) is 5.69 Å². The van der Waals surface area contributed by atoms with Crippen molar-refractivity contribution in [1.82, 2.24) is 4.72 Å². The van der Waals surface area contributed by atoms with Crippen molar-refractivity contribution in [3.05, 3.63) is 59.7 Å². The van der Waals surface area contributed by atoms with E-state index in [0.717, 1.165) is 0 Å². The van der Waals surface area contributed by atoms with Gasteiger partial charge in [-0.2, -0.15) is 0 Å². The third-order valence-corrected chi connectivity index (χ3v) is 5.08. The number of hydrogen-bond donors (Lipinski definition) is 4. The van der Waals surface area contributed by atoms with E-state index in [0.29, 0.717) is 11.3 Å². The molecule has 10 heteroatoms. The van der Waals surface area contributed by atoms with Crippen LogP contribution in [-0.4, -0.2) is 38.3 Å². The molecule has 0 unspecified atom stereocenters. The average Bonchev–Trinajstić information content (AvgIpc) is 2.66. The van der Waals surface area contributed by atoms with Gasteiger partial charge in [-0.1, -0.05) is 12.1 Å². The van der Waals surface area contributed by atoms with Gasteiger partial charge in [0.25, 0.3) is 0 Å². The number of ether oxygens (including phenoxy) is 1. The van der Waals surface area contributed by atoms with Crippen molar-refractivity contribution < 1.29 is 22.7 Å². The first-order valence-corrected chi connectivity index (χ1v) is 10.4. The van der Waals surface area contributed by atoms with E-state index < -0.39 is 34.0 Å². The maximum absolute atomic E-state index is 12.3. The van der Waals surface area contributed by atoms with E-state index >= 15 is 0 Å². The Morgan fingerprint density at radius 2 is 1.70 bits per heavy atom. The highest BCUT2D eigenvalue weighted by atomic mass is 32.2. The highest BCUT2D eigenvalue weighted by molar-refractivity contribution is 7.89. The molecule has 0 bridgehead atoms. The lowest BCUT2D eigenvalue weighted by Crippen LogP contribution is -2.33. The molecule has 0 heterocycles. The molecule has 0 saturated heterocycles. The Balaban J connectivity index is 1.96. The molecule has 30 heavy (non-hydrogen) atoms. The van der Waals surface area contributed by atoms with E-state index in [-0.39, 0.29) is 16.3 Å². The molecule has 0 radical (unpaired) electrons. The molecule has 9 nitrogen and oxygen atoms in total. The zero-order chi connectivity index (χ0) is 22.5. The van der Waals surface area contributed by atoms with Crippen molar-refractivity contribution in [2.75, 3.05) is 11.9 Å². The van der Waals surface area contributed by atoms with Crippen molar-refractivity contribution in [1.29, 1.82) is 5.41 Å². The van der Waals surface area contributed by atoms with Gasteiger partial charge in [0, 0.05) is 11.3 Å². The summed E-state index contributed by atoms with van der Waals surface area (Å²) in [5.74, 6) is -1.34. The Morgan fingerprint density at radius 1 is 1.07 bits per heavy atom. The van der Waals surface area contributed by atoms with Gasteiger partial charge < -0.3 is 15.8 Å². The molecule has 2 aromatic rings. The third kappa shape index (κ3) is 6.68. The summed E-state index contributed by atoms with van der Waals surface area (Å²) in [6.45, 7) is 4.78. The van der Waals surface area contributed by atoms with E-state index in [4.69, 9.17) is 15.9 Å². The number of amidine groups is 1. The summed E-state index contributed by atoms with van der Waals surface area (Å²) in [5, 5.41) is 9.92. The first-order valence-electron chi connectivity index (χ1n) is 8.95. The molecule has 5 N–H and O–H groups in total. The minimum absolute atomic E-state index is 0.107. The smallest absolute Gasteiger partial charge is 0.338 e. The Bertz CT molecular complexity index is 1060. The number of amides is 1. The van der Waals surface area contributed by atoms with Crippen LogP contribution in [-0.2, 0) is 19.6 Å². The third-order valence-electron chi connectivity index (χ3n) is 3.68. The summed E-state index contributed by atoms with van der Waals surface area (Å²) in [5.41, 5.74) is 5.73. The second kappa shape index (κ2) is 9.06. The molecule has 1 amide bonds. The number of rotatable bonds is 7. The number of esters is 1. The molecule has 0 aliphatic heterocycles. The molecule has 0 aliphatic carbocycles. The molecule has 0 aromatic heterocycles. The van der Waals surface area contributed by atoms with Crippen LogP contribution in [0.3, 0.4) is 0 Å². The summed E-state index contributed by atoms with van der Waals surface area (Å²) in [4.78, 5) is 24.0. The number of carbonyl (C=O) groups is 2. The number of sulfonamides is 1. The second-order valence-electron chi connectivity index (χ2n) is 7.39. The molecule has 2 aromatic carbocycles. The van der Waals surface area contributed by atoms with Crippen LogP contribution in [0.1, 0.15) is 36.7 Å². The fourth-order valence-corrected chi connectivity index (χ4v) is 3.33. The number of carbonyl (C=O) groups excluding carboxylic acids is 2. The van der Waals surface area contributed by atoms with Crippen LogP contribution in [0.25, 0.3) is 0 Å². The molecular weight excluding hydrogens is 408 g/mol. The molecular formula is C20H24N4O5S. The number of hydrogen-bond acceptors (Lipinski definition) is 6. The van der Waals surface area contributed by atoms with Gasteiger partial charge in [0.15, 0.2) is 0 Å². The van der Waals surface area contributed by atoms with Gasteiger partial charge in [-0.3, -0.25) is 10.2 Å². The second-order valence-corrected chi connectivity index (χ2v) is 9.16. The monoisotopic (exact) mass is 432 g/mol. The summed E-state index contributed by atoms with van der Waals surface area (Å²) < 4.78 is 32.1. The van der Waals surface area contributed by atoms with Crippen LogP contribution in [0.2, 0.25) is 0 Å². The molecule has 0 atom stereocenters. The Morgan fingerprint density at radius 3 is 2.27 bits per heavy atom. The maximum atomic E-state index is 12.3.